The van der Waals surface area contributed by atoms with Gasteiger partial charge in [0.05, 0.1) is 34.1 Å². The number of nitriles is 1. The van der Waals surface area contributed by atoms with E-state index >= 15 is 0 Å². The van der Waals surface area contributed by atoms with Crippen LogP contribution in [-0.2, 0) is 11.3 Å². The first-order valence-corrected chi connectivity index (χ1v) is 11.5. The van der Waals surface area contributed by atoms with Gasteiger partial charge in [0.1, 0.15) is 35.4 Å². The number of hydrogen-bond donors (Lipinski definition) is 2. The molecule has 11 heteroatoms. The summed E-state index contributed by atoms with van der Waals surface area (Å²) in [6, 6.07) is 15.1. The summed E-state index contributed by atoms with van der Waals surface area (Å²) >= 11 is 6.32. The lowest BCUT2D eigenvalue weighted by Crippen LogP contribution is -2.29. The number of aromatic nitrogens is 4. The van der Waals surface area contributed by atoms with Crippen LogP contribution in [0.15, 0.2) is 59.7 Å². The number of nitrogens with one attached hydrogen (secondary N) is 1. The first-order chi connectivity index (χ1) is 17.4. The van der Waals surface area contributed by atoms with Gasteiger partial charge in [0.2, 0.25) is 0 Å². The first-order valence-electron chi connectivity index (χ1n) is 11.1. The molecule has 0 bridgehead atoms. The molecule has 0 aliphatic heterocycles. The van der Waals surface area contributed by atoms with Crippen LogP contribution in [0.4, 0.5) is 11.6 Å². The summed E-state index contributed by atoms with van der Waals surface area (Å²) < 4.78 is 6.84. The van der Waals surface area contributed by atoms with Gasteiger partial charge in [-0.2, -0.15) is 5.26 Å². The van der Waals surface area contributed by atoms with Gasteiger partial charge in [-0.25, -0.2) is 19.7 Å². The number of nitrogen functional groups attached to an aromatic ring is 1. The van der Waals surface area contributed by atoms with Crippen LogP contribution < -0.4 is 16.6 Å². The van der Waals surface area contributed by atoms with Gasteiger partial charge in [-0.15, -0.1) is 0 Å². The molecule has 10 nitrogen and oxygen atoms in total. The Labute approximate surface area is 211 Å². The second-order valence-corrected chi connectivity index (χ2v) is 8.28. The van der Waals surface area contributed by atoms with Gasteiger partial charge in [-0.3, -0.25) is 9.36 Å². The molecule has 0 aliphatic carbocycles. The van der Waals surface area contributed by atoms with Crippen molar-refractivity contribution in [3.05, 3.63) is 87.2 Å². The zero-order valence-electron chi connectivity index (χ0n) is 19.3. The van der Waals surface area contributed by atoms with E-state index in [-0.39, 0.29) is 40.9 Å². The molecule has 1 atom stereocenters. The number of anilines is 2. The zero-order valence-corrected chi connectivity index (χ0v) is 20.1. The van der Waals surface area contributed by atoms with Crippen molar-refractivity contribution in [2.45, 2.75) is 25.9 Å². The molecule has 0 saturated heterocycles. The number of rotatable bonds is 8. The van der Waals surface area contributed by atoms with Crippen LogP contribution in [0.5, 0.6) is 0 Å². The minimum absolute atomic E-state index is 0.0399. The molecule has 2 aromatic heterocycles. The highest BCUT2D eigenvalue weighted by Gasteiger charge is 2.20. The third kappa shape index (κ3) is 5.11. The standard InChI is InChI=1S/C25H22ClN7O3/c1-15(31-22-17(13-27)21(28)29-14-30-22)23-32-19-10-5-9-18(26)20(19)24(34)33(23)11-6-12-36-25(35)16-7-3-2-4-8-16/h2-5,7-10,14-15H,6,11-12H2,1H3,(H3,28,29,30,31)/t15-/m0/s1. The number of ether oxygens (including phenoxy) is 1. The molecule has 2 aromatic carbocycles. The number of nitrogens with two attached hydrogens (primary N) is 1. The fourth-order valence-corrected chi connectivity index (χ4v) is 3.97. The van der Waals surface area contributed by atoms with Gasteiger partial charge < -0.3 is 15.8 Å². The van der Waals surface area contributed by atoms with Crippen LogP contribution in [0.25, 0.3) is 10.9 Å². The van der Waals surface area contributed by atoms with Crippen LogP contribution in [0.1, 0.15) is 41.1 Å². The van der Waals surface area contributed by atoms with Crippen LogP contribution in [0.3, 0.4) is 0 Å². The van der Waals surface area contributed by atoms with E-state index in [4.69, 9.17) is 22.1 Å². The molecular formula is C25H22ClN7O3. The van der Waals surface area contributed by atoms with Gasteiger partial charge in [-0.05, 0) is 37.6 Å². The molecule has 2 heterocycles. The number of carbonyl (C=O) groups is 1. The number of carbonyl (C=O) groups excluding carboxylic acids is 1. The average Bonchev–Trinajstić information content (AvgIpc) is 2.88. The highest BCUT2D eigenvalue weighted by molar-refractivity contribution is 6.35. The zero-order chi connectivity index (χ0) is 25.7. The maximum Gasteiger partial charge on any atom is 0.338 e. The van der Waals surface area contributed by atoms with Crippen molar-refractivity contribution in [1.82, 2.24) is 19.5 Å². The van der Waals surface area contributed by atoms with Crippen molar-refractivity contribution in [2.75, 3.05) is 17.7 Å². The Morgan fingerprint density at radius 3 is 2.75 bits per heavy atom. The molecule has 0 fully saturated rings. The molecule has 0 amide bonds. The van der Waals surface area contributed by atoms with Crippen molar-refractivity contribution in [3.63, 3.8) is 0 Å². The molecule has 0 aliphatic rings. The Balaban J connectivity index is 1.62. The maximum atomic E-state index is 13.5. The van der Waals surface area contributed by atoms with E-state index in [1.807, 2.05) is 12.1 Å². The molecule has 36 heavy (non-hydrogen) atoms. The monoisotopic (exact) mass is 503 g/mol. The first kappa shape index (κ1) is 24.6. The third-order valence-electron chi connectivity index (χ3n) is 5.46. The van der Waals surface area contributed by atoms with Gasteiger partial charge in [-0.1, -0.05) is 35.9 Å². The Morgan fingerprint density at radius 2 is 2.00 bits per heavy atom. The van der Waals surface area contributed by atoms with Crippen LogP contribution >= 0.6 is 11.6 Å². The van der Waals surface area contributed by atoms with Crippen molar-refractivity contribution in [3.8, 4) is 6.07 Å². The fourth-order valence-electron chi connectivity index (χ4n) is 3.72. The Bertz CT molecular complexity index is 1520. The lowest BCUT2D eigenvalue weighted by Gasteiger charge is -2.20. The van der Waals surface area contributed by atoms with Crippen molar-refractivity contribution in [2.24, 2.45) is 0 Å². The highest BCUT2D eigenvalue weighted by Crippen LogP contribution is 2.24. The smallest absolute Gasteiger partial charge is 0.338 e. The van der Waals surface area contributed by atoms with E-state index < -0.39 is 12.0 Å². The summed E-state index contributed by atoms with van der Waals surface area (Å²) in [5, 5.41) is 13.1. The largest absolute Gasteiger partial charge is 0.462 e. The van der Waals surface area contributed by atoms with E-state index in [1.165, 1.54) is 10.9 Å². The molecule has 0 unspecified atom stereocenters. The van der Waals surface area contributed by atoms with E-state index in [2.05, 4.69) is 20.3 Å². The quantitative estimate of drug-likeness (QED) is 0.271. The number of fused-ring (bicyclic) bond motifs is 1. The Hall–Kier alpha value is -4.49. The Kier molecular flexibility index (Phi) is 7.42. The molecule has 0 spiro atoms. The molecular weight excluding hydrogens is 482 g/mol. The summed E-state index contributed by atoms with van der Waals surface area (Å²) in [4.78, 5) is 38.3. The maximum absolute atomic E-state index is 13.5. The second kappa shape index (κ2) is 10.8. The van der Waals surface area contributed by atoms with Crippen molar-refractivity contribution in [1.29, 1.82) is 5.26 Å². The van der Waals surface area contributed by atoms with Gasteiger partial charge in [0.15, 0.2) is 0 Å². The minimum Gasteiger partial charge on any atom is -0.462 e. The lowest BCUT2D eigenvalue weighted by molar-refractivity contribution is 0.0495. The van der Waals surface area contributed by atoms with Gasteiger partial charge >= 0.3 is 5.97 Å². The predicted molar refractivity (Wildman–Crippen MR) is 136 cm³/mol. The SMILES string of the molecule is C[C@H](Nc1ncnc(N)c1C#N)c1nc2cccc(Cl)c2c(=O)n1CCCOC(=O)c1ccccc1. The highest BCUT2D eigenvalue weighted by atomic mass is 35.5. The van der Waals surface area contributed by atoms with Gasteiger partial charge in [0, 0.05) is 6.54 Å². The molecule has 4 aromatic rings. The summed E-state index contributed by atoms with van der Waals surface area (Å²) in [5.74, 6) is 0.216. The summed E-state index contributed by atoms with van der Waals surface area (Å²) in [6.45, 7) is 2.10. The molecule has 3 N–H and O–H groups in total. The average molecular weight is 504 g/mol. The summed E-state index contributed by atoms with van der Waals surface area (Å²) in [5.41, 5.74) is 6.45. The van der Waals surface area contributed by atoms with Crippen molar-refractivity contribution >= 4 is 40.1 Å². The van der Waals surface area contributed by atoms with E-state index in [0.717, 1.165) is 0 Å². The van der Waals surface area contributed by atoms with Crippen LogP contribution in [-0.4, -0.2) is 32.1 Å². The third-order valence-corrected chi connectivity index (χ3v) is 5.77. The topological polar surface area (TPSA) is 149 Å². The predicted octanol–water partition coefficient (Wildman–Crippen LogP) is 3.71. The molecule has 0 radical (unpaired) electrons. The number of esters is 1. The minimum atomic E-state index is -0.547. The number of hydrogen-bond acceptors (Lipinski definition) is 9. The van der Waals surface area contributed by atoms with E-state index in [9.17, 15) is 14.9 Å². The molecule has 4 rings (SSSR count). The van der Waals surface area contributed by atoms with E-state index in [1.54, 1.807) is 49.4 Å². The summed E-state index contributed by atoms with van der Waals surface area (Å²) in [7, 11) is 0. The van der Waals surface area contributed by atoms with Gasteiger partial charge in [0.25, 0.3) is 5.56 Å². The number of nitrogens with zero attached hydrogens (tertiary/aromatic N) is 5. The molecule has 182 valence electrons. The van der Waals surface area contributed by atoms with Crippen LogP contribution in [0, 0.1) is 11.3 Å². The normalized spacial score (nSPS) is 11.6. The lowest BCUT2D eigenvalue weighted by atomic mass is 10.2. The fraction of sp³-hybridized carbons (Fsp3) is 0.200. The van der Waals surface area contributed by atoms with E-state index in [0.29, 0.717) is 28.7 Å². The molecule has 0 saturated carbocycles. The van der Waals surface area contributed by atoms with Crippen LogP contribution in [0.2, 0.25) is 5.02 Å². The Morgan fingerprint density at radius 1 is 1.22 bits per heavy atom. The van der Waals surface area contributed by atoms with Crippen molar-refractivity contribution < 1.29 is 9.53 Å². The second-order valence-electron chi connectivity index (χ2n) is 7.88. The summed E-state index contributed by atoms with van der Waals surface area (Å²) in [6.07, 6.45) is 1.60. The number of benzene rings is 2. The number of halogens is 1.